The summed E-state index contributed by atoms with van der Waals surface area (Å²) < 4.78 is 4.31. The summed E-state index contributed by atoms with van der Waals surface area (Å²) in [6.45, 7) is 5.66. The molecule has 0 bridgehead atoms. The van der Waals surface area contributed by atoms with Crippen molar-refractivity contribution < 1.29 is 0 Å². The van der Waals surface area contributed by atoms with Gasteiger partial charge in [0.15, 0.2) is 0 Å². The topological polar surface area (TPSA) is 54.2 Å². The van der Waals surface area contributed by atoms with Crippen LogP contribution in [-0.2, 0) is 0 Å². The maximum Gasteiger partial charge on any atom is 0.147 e. The molecular weight excluding hydrogens is 280 g/mol. The van der Waals surface area contributed by atoms with Gasteiger partial charge in [-0.3, -0.25) is 4.90 Å². The summed E-state index contributed by atoms with van der Waals surface area (Å²) in [5.41, 5.74) is 8.21. The van der Waals surface area contributed by atoms with E-state index in [0.29, 0.717) is 11.9 Å². The van der Waals surface area contributed by atoms with Gasteiger partial charge >= 0.3 is 0 Å². The molecule has 1 atom stereocenters. The van der Waals surface area contributed by atoms with E-state index in [2.05, 4.69) is 33.6 Å². The van der Waals surface area contributed by atoms with Crippen molar-refractivity contribution in [3.8, 4) is 11.1 Å². The average molecular weight is 302 g/mol. The Morgan fingerprint density at radius 2 is 2.00 bits per heavy atom. The Morgan fingerprint density at radius 1 is 1.29 bits per heavy atom. The summed E-state index contributed by atoms with van der Waals surface area (Å²) in [7, 11) is 0. The van der Waals surface area contributed by atoms with Crippen LogP contribution in [0, 0.1) is 0 Å². The minimum atomic E-state index is 0.541. The van der Waals surface area contributed by atoms with Crippen LogP contribution in [-0.4, -0.2) is 34.9 Å². The number of nitrogens with one attached hydrogen (secondary N) is 1. The third-order valence-electron chi connectivity index (χ3n) is 4.10. The summed E-state index contributed by atoms with van der Waals surface area (Å²) >= 11 is 1.45. The van der Waals surface area contributed by atoms with E-state index in [4.69, 9.17) is 5.73 Å². The lowest BCUT2D eigenvalue weighted by molar-refractivity contribution is 0.269. The number of rotatable bonds is 5. The molecule has 1 aromatic carbocycles. The van der Waals surface area contributed by atoms with Crippen molar-refractivity contribution in [2.24, 2.45) is 0 Å². The van der Waals surface area contributed by atoms with Gasteiger partial charge in [0.1, 0.15) is 10.8 Å². The van der Waals surface area contributed by atoms with Crippen molar-refractivity contribution in [2.75, 3.05) is 30.7 Å². The molecule has 0 spiro atoms. The lowest BCUT2D eigenvalue weighted by Crippen LogP contribution is -2.35. The molecule has 1 fully saturated rings. The van der Waals surface area contributed by atoms with Crippen LogP contribution in [0.1, 0.15) is 19.8 Å². The fourth-order valence-corrected chi connectivity index (χ4v) is 3.60. The van der Waals surface area contributed by atoms with E-state index < -0.39 is 0 Å². The molecule has 0 aliphatic carbocycles. The van der Waals surface area contributed by atoms with Crippen LogP contribution in [0.4, 0.5) is 10.8 Å². The minimum absolute atomic E-state index is 0.541. The van der Waals surface area contributed by atoms with Gasteiger partial charge in [0.25, 0.3) is 0 Å². The van der Waals surface area contributed by atoms with Crippen molar-refractivity contribution >= 4 is 22.4 Å². The number of benzene rings is 1. The van der Waals surface area contributed by atoms with Crippen LogP contribution in [0.2, 0.25) is 0 Å². The molecule has 1 aliphatic rings. The van der Waals surface area contributed by atoms with Gasteiger partial charge in [0, 0.05) is 12.6 Å². The summed E-state index contributed by atoms with van der Waals surface area (Å²) in [5, 5.41) is 4.62. The molecule has 0 saturated carbocycles. The monoisotopic (exact) mass is 302 g/mol. The Balaban J connectivity index is 1.71. The van der Waals surface area contributed by atoms with Crippen LogP contribution in [0.15, 0.2) is 30.3 Å². The highest BCUT2D eigenvalue weighted by Crippen LogP contribution is 2.36. The summed E-state index contributed by atoms with van der Waals surface area (Å²) in [6, 6.07) is 10.8. The SMILES string of the molecule is CC(CNc1snc(N)c1-c1ccccc1)N1CCCC1. The Morgan fingerprint density at radius 3 is 2.71 bits per heavy atom. The van der Waals surface area contributed by atoms with E-state index in [-0.39, 0.29) is 0 Å². The maximum atomic E-state index is 6.05. The van der Waals surface area contributed by atoms with Gasteiger partial charge in [-0.1, -0.05) is 30.3 Å². The smallest absolute Gasteiger partial charge is 0.147 e. The quantitative estimate of drug-likeness (QED) is 0.890. The van der Waals surface area contributed by atoms with E-state index in [0.717, 1.165) is 22.7 Å². The number of hydrogen-bond donors (Lipinski definition) is 2. The summed E-state index contributed by atoms with van der Waals surface area (Å²) in [4.78, 5) is 2.54. The number of anilines is 2. The van der Waals surface area contributed by atoms with E-state index in [9.17, 15) is 0 Å². The molecule has 1 saturated heterocycles. The van der Waals surface area contributed by atoms with Crippen LogP contribution in [0.5, 0.6) is 0 Å². The zero-order chi connectivity index (χ0) is 14.7. The number of aromatic nitrogens is 1. The maximum absolute atomic E-state index is 6.05. The van der Waals surface area contributed by atoms with Gasteiger partial charge < -0.3 is 11.1 Å². The van der Waals surface area contributed by atoms with Gasteiger partial charge in [0.05, 0.1) is 5.56 Å². The van der Waals surface area contributed by atoms with E-state index in [1.54, 1.807) is 0 Å². The Bertz CT molecular complexity index is 575. The fourth-order valence-electron chi connectivity index (χ4n) is 2.86. The summed E-state index contributed by atoms with van der Waals surface area (Å²) in [5.74, 6) is 0.613. The molecule has 2 aromatic rings. The molecular formula is C16H22N4S. The zero-order valence-electron chi connectivity index (χ0n) is 12.4. The van der Waals surface area contributed by atoms with Gasteiger partial charge in [-0.05, 0) is 50.0 Å². The Kier molecular flexibility index (Phi) is 4.41. The number of nitrogens with zero attached hydrogens (tertiary/aromatic N) is 2. The van der Waals surface area contributed by atoms with Gasteiger partial charge in [0.2, 0.25) is 0 Å². The fraction of sp³-hybridized carbons (Fsp3) is 0.438. The molecule has 5 heteroatoms. The van der Waals surface area contributed by atoms with Gasteiger partial charge in [-0.15, -0.1) is 0 Å². The van der Waals surface area contributed by atoms with Crippen molar-refractivity contribution in [3.05, 3.63) is 30.3 Å². The Hall–Kier alpha value is -1.59. The second kappa shape index (κ2) is 6.45. The van der Waals surface area contributed by atoms with Crippen molar-refractivity contribution in [1.29, 1.82) is 0 Å². The highest BCUT2D eigenvalue weighted by Gasteiger charge is 2.19. The molecule has 3 rings (SSSR count). The Labute approximate surface area is 130 Å². The number of likely N-dealkylation sites (tertiary alicyclic amines) is 1. The van der Waals surface area contributed by atoms with E-state index in [1.807, 2.05) is 18.2 Å². The largest absolute Gasteiger partial charge is 0.382 e. The molecule has 0 amide bonds. The van der Waals surface area contributed by atoms with Crippen LogP contribution in [0.3, 0.4) is 0 Å². The molecule has 4 nitrogen and oxygen atoms in total. The lowest BCUT2D eigenvalue weighted by Gasteiger charge is -2.24. The highest BCUT2D eigenvalue weighted by atomic mass is 32.1. The second-order valence-electron chi connectivity index (χ2n) is 5.61. The van der Waals surface area contributed by atoms with Crippen molar-refractivity contribution in [2.45, 2.75) is 25.8 Å². The average Bonchev–Trinajstić information content (AvgIpc) is 3.15. The lowest BCUT2D eigenvalue weighted by atomic mass is 10.1. The first-order valence-corrected chi connectivity index (χ1v) is 8.31. The summed E-state index contributed by atoms with van der Waals surface area (Å²) in [6.07, 6.45) is 2.65. The molecule has 1 aromatic heterocycles. The zero-order valence-corrected chi connectivity index (χ0v) is 13.2. The first-order valence-electron chi connectivity index (χ1n) is 7.54. The standard InChI is InChI=1S/C16H22N4S/c1-12(20-9-5-6-10-20)11-18-16-14(15(17)19-21-16)13-7-3-2-4-8-13/h2-4,7-8,12,18H,5-6,9-11H2,1H3,(H2,17,19). The number of hydrogen-bond acceptors (Lipinski definition) is 5. The highest BCUT2D eigenvalue weighted by molar-refractivity contribution is 7.11. The molecule has 0 radical (unpaired) electrons. The molecule has 21 heavy (non-hydrogen) atoms. The molecule has 1 aliphatic heterocycles. The van der Waals surface area contributed by atoms with Crippen LogP contribution < -0.4 is 11.1 Å². The molecule has 2 heterocycles. The van der Waals surface area contributed by atoms with Gasteiger partial charge in [-0.2, -0.15) is 4.37 Å². The van der Waals surface area contributed by atoms with E-state index >= 15 is 0 Å². The van der Waals surface area contributed by atoms with E-state index in [1.165, 1.54) is 37.5 Å². The van der Waals surface area contributed by atoms with Gasteiger partial charge in [-0.25, -0.2) is 0 Å². The third kappa shape index (κ3) is 3.19. The predicted octanol–water partition coefficient (Wildman–Crippen LogP) is 3.29. The van der Waals surface area contributed by atoms with Crippen LogP contribution in [0.25, 0.3) is 11.1 Å². The molecule has 1 unspecified atom stereocenters. The predicted molar refractivity (Wildman–Crippen MR) is 90.7 cm³/mol. The minimum Gasteiger partial charge on any atom is -0.382 e. The number of nitrogen functional groups attached to an aromatic ring is 1. The first-order chi connectivity index (χ1) is 10.3. The molecule has 112 valence electrons. The van der Waals surface area contributed by atoms with Crippen molar-refractivity contribution in [3.63, 3.8) is 0 Å². The van der Waals surface area contributed by atoms with Crippen LogP contribution >= 0.6 is 11.5 Å². The first kappa shape index (κ1) is 14.4. The third-order valence-corrected chi connectivity index (χ3v) is 4.92. The molecule has 3 N–H and O–H groups in total. The van der Waals surface area contributed by atoms with Crippen molar-refractivity contribution in [1.82, 2.24) is 9.27 Å². The number of nitrogens with two attached hydrogens (primary N) is 1. The normalized spacial score (nSPS) is 17.0. The second-order valence-corrected chi connectivity index (χ2v) is 6.38.